The Hall–Kier alpha value is -2.85. The number of benzene rings is 1. The molecule has 2 aliphatic rings. The lowest BCUT2D eigenvalue weighted by atomic mass is 9.77. The molecule has 2 N–H and O–H groups in total. The van der Waals surface area contributed by atoms with Gasteiger partial charge in [0.2, 0.25) is 0 Å². The zero-order chi connectivity index (χ0) is 21.6. The molecule has 7 nitrogen and oxygen atoms in total. The summed E-state index contributed by atoms with van der Waals surface area (Å²) >= 11 is 0. The first-order chi connectivity index (χ1) is 14.2. The number of aliphatic hydroxyl groups excluding tert-OH is 1. The van der Waals surface area contributed by atoms with Crippen LogP contribution in [0.2, 0.25) is 0 Å². The van der Waals surface area contributed by atoms with E-state index in [1.165, 1.54) is 4.57 Å². The summed E-state index contributed by atoms with van der Waals surface area (Å²) in [6, 6.07) is 7.71. The first-order valence-corrected chi connectivity index (χ1v) is 10.5. The Morgan fingerprint density at radius 2 is 1.87 bits per heavy atom. The first kappa shape index (κ1) is 20.4. The molecule has 7 heteroatoms. The highest BCUT2D eigenvalue weighted by atomic mass is 16.3. The fourth-order valence-corrected chi connectivity index (χ4v) is 4.80. The molecule has 0 saturated heterocycles. The van der Waals surface area contributed by atoms with Gasteiger partial charge in [-0.15, -0.1) is 0 Å². The molecule has 30 heavy (non-hydrogen) atoms. The molecule has 1 aromatic carbocycles. The van der Waals surface area contributed by atoms with Crippen LogP contribution in [0.3, 0.4) is 0 Å². The van der Waals surface area contributed by atoms with Crippen LogP contribution in [0.1, 0.15) is 67.7 Å². The van der Waals surface area contributed by atoms with Gasteiger partial charge >= 0.3 is 5.69 Å². The number of carbonyl (C=O) groups excluding carboxylic acids is 1. The van der Waals surface area contributed by atoms with Crippen LogP contribution in [0.15, 0.2) is 23.0 Å². The number of anilines is 1. The van der Waals surface area contributed by atoms with Crippen molar-refractivity contribution in [2.75, 3.05) is 5.32 Å². The minimum Gasteiger partial charge on any atom is -0.393 e. The largest absolute Gasteiger partial charge is 0.393 e. The number of fused-ring (bicyclic) bond motifs is 1. The SMILES string of the molecule is Cn1c2c(n(-c3ccc(C#N)c(NC4CCC(O)CC4)c3)c1=O)CC(C)(C)CC2=O. The molecule has 4 rings (SSSR count). The van der Waals surface area contributed by atoms with Crippen LogP contribution in [0.4, 0.5) is 5.69 Å². The van der Waals surface area contributed by atoms with Gasteiger partial charge in [-0.3, -0.25) is 13.9 Å². The fourth-order valence-electron chi connectivity index (χ4n) is 4.80. The van der Waals surface area contributed by atoms with Crippen molar-refractivity contribution >= 4 is 11.5 Å². The van der Waals surface area contributed by atoms with Gasteiger partial charge in [0.05, 0.1) is 28.7 Å². The molecule has 0 atom stereocenters. The van der Waals surface area contributed by atoms with Crippen LogP contribution in [0, 0.1) is 16.7 Å². The van der Waals surface area contributed by atoms with E-state index < -0.39 is 0 Å². The van der Waals surface area contributed by atoms with Gasteiger partial charge in [0.25, 0.3) is 0 Å². The number of aliphatic hydroxyl groups is 1. The minimum absolute atomic E-state index is 0.00708. The Morgan fingerprint density at radius 1 is 1.17 bits per heavy atom. The third-order valence-corrected chi connectivity index (χ3v) is 6.34. The maximum absolute atomic E-state index is 13.1. The summed E-state index contributed by atoms with van der Waals surface area (Å²) in [6.45, 7) is 4.08. The topological polar surface area (TPSA) is 100 Å². The number of hydrogen-bond acceptors (Lipinski definition) is 5. The highest BCUT2D eigenvalue weighted by Crippen LogP contribution is 2.35. The van der Waals surface area contributed by atoms with E-state index in [1.54, 1.807) is 23.7 Å². The van der Waals surface area contributed by atoms with Gasteiger partial charge in [-0.05, 0) is 55.7 Å². The lowest BCUT2D eigenvalue weighted by Crippen LogP contribution is -2.29. The number of nitrogens with zero attached hydrogens (tertiary/aromatic N) is 3. The second-order valence-corrected chi connectivity index (χ2v) is 9.40. The average Bonchev–Trinajstić information content (AvgIpc) is 2.93. The Labute approximate surface area is 175 Å². The number of carbonyl (C=O) groups is 1. The Kier molecular flexibility index (Phi) is 5.07. The number of nitriles is 1. The second kappa shape index (κ2) is 7.44. The summed E-state index contributed by atoms with van der Waals surface area (Å²) in [7, 11) is 1.64. The molecule has 0 spiro atoms. The molecule has 2 aromatic rings. The van der Waals surface area contributed by atoms with E-state index in [0.717, 1.165) is 31.4 Å². The molecule has 1 fully saturated rings. The number of aromatic nitrogens is 2. The van der Waals surface area contributed by atoms with Gasteiger partial charge < -0.3 is 10.4 Å². The summed E-state index contributed by atoms with van der Waals surface area (Å²) in [6.07, 6.45) is 3.95. The molecular weight excluding hydrogens is 380 g/mol. The second-order valence-electron chi connectivity index (χ2n) is 9.40. The van der Waals surface area contributed by atoms with Crippen molar-refractivity contribution in [1.29, 1.82) is 5.26 Å². The summed E-state index contributed by atoms with van der Waals surface area (Å²) in [5.41, 5.74) is 2.61. The third-order valence-electron chi connectivity index (χ3n) is 6.34. The van der Waals surface area contributed by atoms with Crippen LogP contribution < -0.4 is 11.0 Å². The normalized spacial score (nSPS) is 23.0. The van der Waals surface area contributed by atoms with E-state index in [0.29, 0.717) is 35.5 Å². The zero-order valence-corrected chi connectivity index (χ0v) is 17.7. The molecule has 0 radical (unpaired) electrons. The van der Waals surface area contributed by atoms with E-state index in [-0.39, 0.29) is 29.0 Å². The number of nitrogens with one attached hydrogen (secondary N) is 1. The molecule has 0 bridgehead atoms. The van der Waals surface area contributed by atoms with E-state index in [4.69, 9.17) is 0 Å². The van der Waals surface area contributed by atoms with Crippen LogP contribution in [0.25, 0.3) is 5.69 Å². The molecule has 1 heterocycles. The summed E-state index contributed by atoms with van der Waals surface area (Å²) < 4.78 is 3.06. The van der Waals surface area contributed by atoms with Crippen molar-refractivity contribution in [3.8, 4) is 11.8 Å². The summed E-state index contributed by atoms with van der Waals surface area (Å²) in [4.78, 5) is 25.8. The van der Waals surface area contributed by atoms with E-state index in [2.05, 4.69) is 11.4 Å². The molecule has 1 aromatic heterocycles. The quantitative estimate of drug-likeness (QED) is 0.813. The van der Waals surface area contributed by atoms with Crippen LogP contribution in [0.5, 0.6) is 0 Å². The summed E-state index contributed by atoms with van der Waals surface area (Å²) in [5.74, 6) is -0.00708. The number of rotatable bonds is 3. The smallest absolute Gasteiger partial charge is 0.333 e. The molecule has 2 aliphatic carbocycles. The lowest BCUT2D eigenvalue weighted by Gasteiger charge is -2.29. The Balaban J connectivity index is 1.77. The third kappa shape index (κ3) is 3.56. The number of hydrogen-bond donors (Lipinski definition) is 2. The van der Waals surface area contributed by atoms with E-state index in [9.17, 15) is 20.0 Å². The van der Waals surface area contributed by atoms with Gasteiger partial charge in [-0.1, -0.05) is 13.8 Å². The molecule has 158 valence electrons. The molecule has 1 saturated carbocycles. The molecule has 0 aliphatic heterocycles. The van der Waals surface area contributed by atoms with Crippen molar-refractivity contribution in [3.05, 3.63) is 45.6 Å². The van der Waals surface area contributed by atoms with Crippen molar-refractivity contribution in [1.82, 2.24) is 9.13 Å². The van der Waals surface area contributed by atoms with Crippen molar-refractivity contribution < 1.29 is 9.90 Å². The van der Waals surface area contributed by atoms with E-state index in [1.807, 2.05) is 19.9 Å². The Bertz CT molecular complexity index is 1090. The monoisotopic (exact) mass is 408 g/mol. The van der Waals surface area contributed by atoms with Gasteiger partial charge in [-0.2, -0.15) is 5.26 Å². The highest BCUT2D eigenvalue weighted by molar-refractivity contribution is 5.97. The first-order valence-electron chi connectivity index (χ1n) is 10.5. The zero-order valence-electron chi connectivity index (χ0n) is 17.7. The molecule has 0 amide bonds. The fraction of sp³-hybridized carbons (Fsp3) is 0.522. The number of ketones is 1. The predicted octanol–water partition coefficient (Wildman–Crippen LogP) is 2.92. The predicted molar refractivity (Wildman–Crippen MR) is 114 cm³/mol. The van der Waals surface area contributed by atoms with Gasteiger partial charge in [0, 0.05) is 19.5 Å². The number of imidazole rings is 1. The maximum Gasteiger partial charge on any atom is 0.333 e. The summed E-state index contributed by atoms with van der Waals surface area (Å²) in [5, 5.41) is 22.7. The van der Waals surface area contributed by atoms with Crippen LogP contribution >= 0.6 is 0 Å². The number of Topliss-reactive ketones (excluding diaryl/α,β-unsaturated/α-hetero) is 1. The van der Waals surface area contributed by atoms with Crippen molar-refractivity contribution in [2.24, 2.45) is 12.5 Å². The minimum atomic E-state index is -0.250. The highest BCUT2D eigenvalue weighted by Gasteiger charge is 2.36. The maximum atomic E-state index is 13.1. The van der Waals surface area contributed by atoms with Gasteiger partial charge in [-0.25, -0.2) is 4.79 Å². The van der Waals surface area contributed by atoms with Gasteiger partial charge in [0.1, 0.15) is 11.8 Å². The van der Waals surface area contributed by atoms with E-state index >= 15 is 0 Å². The standard InChI is InChI=1S/C23H28N4O3/c1-23(2)11-19-21(20(29)12-23)26(3)22(30)27(19)16-7-4-14(13-24)18(10-16)25-15-5-8-17(28)9-6-15/h4,7,10,15,17,25,28H,5-6,8-9,11-12H2,1-3H3. The van der Waals surface area contributed by atoms with Crippen molar-refractivity contribution in [3.63, 3.8) is 0 Å². The van der Waals surface area contributed by atoms with Crippen molar-refractivity contribution in [2.45, 2.75) is 64.5 Å². The molecular formula is C23H28N4O3. The average molecular weight is 409 g/mol. The van der Waals surface area contributed by atoms with Crippen LogP contribution in [-0.4, -0.2) is 32.2 Å². The lowest BCUT2D eigenvalue weighted by molar-refractivity contribution is 0.0901. The molecule has 0 unspecified atom stereocenters. The van der Waals surface area contributed by atoms with Crippen LogP contribution in [-0.2, 0) is 13.5 Å². The van der Waals surface area contributed by atoms with Gasteiger partial charge in [0.15, 0.2) is 5.78 Å². The Morgan fingerprint density at radius 3 is 2.53 bits per heavy atom.